The van der Waals surface area contributed by atoms with Gasteiger partial charge in [0, 0.05) is 30.6 Å². The number of imidazole rings is 1. The number of rotatable bonds is 12. The highest BCUT2D eigenvalue weighted by Crippen LogP contribution is 2.28. The maximum absolute atomic E-state index is 12.9. The minimum absolute atomic E-state index is 0.227. The van der Waals surface area contributed by atoms with Crippen LogP contribution in [0.5, 0.6) is 5.75 Å². The molecule has 0 fully saturated rings. The number of nitrogens with one attached hydrogen (secondary N) is 3. The van der Waals surface area contributed by atoms with Gasteiger partial charge in [0.05, 0.1) is 23.4 Å². The number of hydrogen-bond donors (Lipinski definition) is 3. The van der Waals surface area contributed by atoms with Gasteiger partial charge in [-0.25, -0.2) is 18.1 Å². The van der Waals surface area contributed by atoms with Crippen molar-refractivity contribution < 1.29 is 13.2 Å². The number of H-pyrrole nitrogens is 1. The molecule has 1 heterocycles. The van der Waals surface area contributed by atoms with Gasteiger partial charge in [-0.3, -0.25) is 0 Å². The van der Waals surface area contributed by atoms with E-state index in [1.807, 2.05) is 66.7 Å². The summed E-state index contributed by atoms with van der Waals surface area (Å²) in [5.74, 6) is 1.51. The van der Waals surface area contributed by atoms with E-state index in [4.69, 9.17) is 9.72 Å². The van der Waals surface area contributed by atoms with Crippen molar-refractivity contribution >= 4 is 10.0 Å². The zero-order chi connectivity index (χ0) is 25.4. The zero-order valence-corrected chi connectivity index (χ0v) is 21.4. The lowest BCUT2D eigenvalue weighted by Crippen LogP contribution is -2.26. The molecule has 0 atom stereocenters. The van der Waals surface area contributed by atoms with E-state index in [0.29, 0.717) is 6.42 Å². The molecular weight excluding hydrogens is 472 g/mol. The van der Waals surface area contributed by atoms with Crippen LogP contribution in [0.2, 0.25) is 0 Å². The second-order valence-electron chi connectivity index (χ2n) is 8.47. The summed E-state index contributed by atoms with van der Waals surface area (Å²) >= 11 is 0. The molecule has 4 rings (SSSR count). The summed E-state index contributed by atoms with van der Waals surface area (Å²) in [5.41, 5.74) is 4.62. The second kappa shape index (κ2) is 12.0. The lowest BCUT2D eigenvalue weighted by molar-refractivity contribution is 0.415. The molecule has 0 unspecified atom stereocenters. The van der Waals surface area contributed by atoms with E-state index < -0.39 is 10.0 Å². The first-order valence-corrected chi connectivity index (χ1v) is 13.6. The van der Waals surface area contributed by atoms with Crippen molar-refractivity contribution in [3.05, 3.63) is 90.1 Å². The summed E-state index contributed by atoms with van der Waals surface area (Å²) in [4.78, 5) is 8.49. The average molecular weight is 505 g/mol. The number of nitrogens with zero attached hydrogens (tertiary/aromatic N) is 1. The van der Waals surface area contributed by atoms with Crippen LogP contribution in [0.4, 0.5) is 0 Å². The van der Waals surface area contributed by atoms with Crippen molar-refractivity contribution in [3.8, 4) is 28.4 Å². The lowest BCUT2D eigenvalue weighted by Gasteiger charge is -2.09. The fraction of sp³-hybridized carbons (Fsp3) is 0.250. The lowest BCUT2D eigenvalue weighted by atomic mass is 10.1. The summed E-state index contributed by atoms with van der Waals surface area (Å²) < 4.78 is 33.8. The topological polar surface area (TPSA) is 96.1 Å². The van der Waals surface area contributed by atoms with Gasteiger partial charge in [-0.15, -0.1) is 0 Å². The van der Waals surface area contributed by atoms with E-state index in [1.165, 1.54) is 0 Å². The maximum Gasteiger partial charge on any atom is 0.240 e. The molecule has 8 heteroatoms. The van der Waals surface area contributed by atoms with Gasteiger partial charge in [0.25, 0.3) is 0 Å². The first-order valence-electron chi connectivity index (χ1n) is 12.1. The summed E-state index contributed by atoms with van der Waals surface area (Å²) in [6, 6.07) is 24.6. The second-order valence-corrected chi connectivity index (χ2v) is 10.2. The molecule has 4 aromatic rings. The highest BCUT2D eigenvalue weighted by atomic mass is 32.2. The van der Waals surface area contributed by atoms with Gasteiger partial charge < -0.3 is 15.0 Å². The molecule has 36 heavy (non-hydrogen) atoms. The summed E-state index contributed by atoms with van der Waals surface area (Å²) in [5, 5.41) is 3.32. The van der Waals surface area contributed by atoms with Crippen molar-refractivity contribution in [1.82, 2.24) is 20.0 Å². The van der Waals surface area contributed by atoms with Gasteiger partial charge in [-0.1, -0.05) is 49.4 Å². The van der Waals surface area contributed by atoms with Crippen LogP contribution in [-0.4, -0.2) is 38.6 Å². The predicted octanol–water partition coefficient (Wildman–Crippen LogP) is 4.77. The molecule has 0 aliphatic carbocycles. The molecular formula is C28H32N4O3S. The van der Waals surface area contributed by atoms with Crippen LogP contribution in [0.3, 0.4) is 0 Å². The number of benzene rings is 3. The summed E-state index contributed by atoms with van der Waals surface area (Å²) in [6.07, 6.45) is 1.49. The Morgan fingerprint density at radius 3 is 2.28 bits per heavy atom. The minimum Gasteiger partial charge on any atom is -0.497 e. The third-order valence-corrected chi connectivity index (χ3v) is 7.33. The highest BCUT2D eigenvalue weighted by molar-refractivity contribution is 7.89. The highest BCUT2D eigenvalue weighted by Gasteiger charge is 2.17. The molecule has 3 aromatic carbocycles. The van der Waals surface area contributed by atoms with E-state index in [2.05, 4.69) is 21.9 Å². The van der Waals surface area contributed by atoms with Gasteiger partial charge in [-0.2, -0.15) is 0 Å². The Morgan fingerprint density at radius 2 is 1.61 bits per heavy atom. The van der Waals surface area contributed by atoms with Crippen LogP contribution in [0.15, 0.2) is 83.8 Å². The third kappa shape index (κ3) is 6.40. The van der Waals surface area contributed by atoms with E-state index >= 15 is 0 Å². The van der Waals surface area contributed by atoms with Crippen molar-refractivity contribution in [2.75, 3.05) is 20.2 Å². The van der Waals surface area contributed by atoms with Crippen molar-refractivity contribution in [2.45, 2.75) is 31.2 Å². The predicted molar refractivity (Wildman–Crippen MR) is 143 cm³/mol. The van der Waals surface area contributed by atoms with Crippen LogP contribution in [-0.2, 0) is 23.0 Å². The Kier molecular flexibility index (Phi) is 8.53. The van der Waals surface area contributed by atoms with Crippen molar-refractivity contribution in [2.24, 2.45) is 0 Å². The number of hydrogen-bond acceptors (Lipinski definition) is 5. The van der Waals surface area contributed by atoms with E-state index in [1.54, 1.807) is 19.2 Å². The molecule has 0 aliphatic rings. The molecule has 0 saturated heterocycles. The Hall–Kier alpha value is -3.46. The van der Waals surface area contributed by atoms with Crippen LogP contribution >= 0.6 is 0 Å². The van der Waals surface area contributed by atoms with Crippen molar-refractivity contribution in [3.63, 3.8) is 0 Å². The SMILES string of the molecule is CCCNCc1ccc(S(=O)(=O)NCCc2nc(-c3ccccc3)[nH]c2-c2ccc(OC)cc2)cc1. The van der Waals surface area contributed by atoms with Gasteiger partial charge in [0.15, 0.2) is 0 Å². The quantitative estimate of drug-likeness (QED) is 0.242. The Morgan fingerprint density at radius 1 is 0.889 bits per heavy atom. The Bertz CT molecular complexity index is 1350. The number of ether oxygens (including phenoxy) is 1. The fourth-order valence-electron chi connectivity index (χ4n) is 3.90. The Labute approximate surface area is 213 Å². The minimum atomic E-state index is -3.63. The third-order valence-electron chi connectivity index (χ3n) is 5.85. The number of aromatic amines is 1. The smallest absolute Gasteiger partial charge is 0.240 e. The first-order chi connectivity index (χ1) is 17.5. The van der Waals surface area contributed by atoms with Crippen LogP contribution < -0.4 is 14.8 Å². The fourth-order valence-corrected chi connectivity index (χ4v) is 4.93. The normalized spacial score (nSPS) is 11.5. The monoisotopic (exact) mass is 504 g/mol. The van der Waals surface area contributed by atoms with Gasteiger partial charge >= 0.3 is 0 Å². The molecule has 0 bridgehead atoms. The van der Waals surface area contributed by atoms with Crippen LogP contribution in [0, 0.1) is 0 Å². The molecule has 7 nitrogen and oxygen atoms in total. The zero-order valence-electron chi connectivity index (χ0n) is 20.6. The standard InChI is InChI=1S/C28H32N4O3S/c1-3-18-29-20-21-9-15-25(16-10-21)36(33,34)30-19-17-26-27(22-11-13-24(35-2)14-12-22)32-28(31-26)23-7-5-4-6-8-23/h4-16,29-30H,3,17-20H2,1-2H3,(H,31,32). The first kappa shape index (κ1) is 25.6. The van der Waals surface area contributed by atoms with Crippen LogP contribution in [0.1, 0.15) is 24.6 Å². The molecule has 0 saturated carbocycles. The Balaban J connectivity index is 1.49. The number of aromatic nitrogens is 2. The number of methoxy groups -OCH3 is 1. The molecule has 3 N–H and O–H groups in total. The maximum atomic E-state index is 12.9. The van der Waals surface area contributed by atoms with E-state index in [9.17, 15) is 8.42 Å². The average Bonchev–Trinajstić information content (AvgIpc) is 3.34. The molecule has 0 amide bonds. The van der Waals surface area contributed by atoms with Gasteiger partial charge in [0.1, 0.15) is 11.6 Å². The molecule has 0 radical (unpaired) electrons. The van der Waals surface area contributed by atoms with Crippen LogP contribution in [0.25, 0.3) is 22.6 Å². The van der Waals surface area contributed by atoms with Gasteiger partial charge in [0.2, 0.25) is 10.0 Å². The summed E-state index contributed by atoms with van der Waals surface area (Å²) in [7, 11) is -2.00. The molecule has 1 aromatic heterocycles. The molecule has 188 valence electrons. The largest absolute Gasteiger partial charge is 0.497 e. The van der Waals surface area contributed by atoms with E-state index in [-0.39, 0.29) is 11.4 Å². The van der Waals surface area contributed by atoms with Gasteiger partial charge in [-0.05, 0) is 54.9 Å². The molecule has 0 aliphatic heterocycles. The van der Waals surface area contributed by atoms with Crippen molar-refractivity contribution in [1.29, 1.82) is 0 Å². The number of sulfonamides is 1. The molecule has 0 spiro atoms. The summed E-state index contributed by atoms with van der Waals surface area (Å²) in [6.45, 7) is 3.99. The van der Waals surface area contributed by atoms with E-state index in [0.717, 1.165) is 59.2 Å².